The van der Waals surface area contributed by atoms with Crippen molar-refractivity contribution >= 4 is 5.91 Å². The van der Waals surface area contributed by atoms with Crippen LogP contribution in [0.4, 0.5) is 0 Å². The molecule has 3 rings (SSSR count). The lowest BCUT2D eigenvalue weighted by Gasteiger charge is -2.38. The van der Waals surface area contributed by atoms with E-state index >= 15 is 0 Å². The van der Waals surface area contributed by atoms with Crippen molar-refractivity contribution in [3.63, 3.8) is 0 Å². The van der Waals surface area contributed by atoms with E-state index < -0.39 is 0 Å². The Balaban J connectivity index is 1.72. The Bertz CT molecular complexity index is 774. The van der Waals surface area contributed by atoms with Gasteiger partial charge in [0.15, 0.2) is 6.29 Å². The second kappa shape index (κ2) is 8.02. The minimum atomic E-state index is -0.371. The highest BCUT2D eigenvalue weighted by Crippen LogP contribution is 2.25. The van der Waals surface area contributed by atoms with Crippen LogP contribution in [0.15, 0.2) is 4.79 Å². The van der Waals surface area contributed by atoms with Crippen molar-refractivity contribution in [2.45, 2.75) is 58.3 Å². The van der Waals surface area contributed by atoms with Gasteiger partial charge in [0.25, 0.3) is 5.56 Å². The monoisotopic (exact) mass is 359 g/mol. The molecule has 2 saturated heterocycles. The molecule has 0 aromatic carbocycles. The van der Waals surface area contributed by atoms with Gasteiger partial charge in [0.05, 0.1) is 19.3 Å². The van der Waals surface area contributed by atoms with Crippen molar-refractivity contribution in [3.05, 3.63) is 32.7 Å². The number of rotatable bonds is 4. The lowest BCUT2D eigenvalue weighted by molar-refractivity contribution is -0.150. The van der Waals surface area contributed by atoms with Crippen LogP contribution in [0.3, 0.4) is 0 Å². The Labute approximate surface area is 152 Å². The number of likely N-dealkylation sites (tertiary alicyclic amines) is 1. The molecule has 0 saturated carbocycles. The topological polar surface area (TPSA) is 95.4 Å². The number of aryl methyl sites for hydroxylation is 1. The van der Waals surface area contributed by atoms with Gasteiger partial charge in [-0.3, -0.25) is 9.59 Å². The number of nitriles is 1. The third-order valence-electron chi connectivity index (χ3n) is 5.34. The van der Waals surface area contributed by atoms with Crippen LogP contribution >= 0.6 is 0 Å². The molecule has 2 fully saturated rings. The van der Waals surface area contributed by atoms with Gasteiger partial charge in [0.2, 0.25) is 5.91 Å². The molecule has 140 valence electrons. The molecular formula is C19H25N3O4. The molecule has 7 nitrogen and oxygen atoms in total. The van der Waals surface area contributed by atoms with Crippen LogP contribution in [0.2, 0.25) is 0 Å². The lowest BCUT2D eigenvalue weighted by atomic mass is 9.97. The van der Waals surface area contributed by atoms with Crippen molar-refractivity contribution in [2.24, 2.45) is 0 Å². The predicted molar refractivity (Wildman–Crippen MR) is 94.6 cm³/mol. The maximum absolute atomic E-state index is 12.9. The van der Waals surface area contributed by atoms with E-state index in [9.17, 15) is 14.9 Å². The highest BCUT2D eigenvalue weighted by molar-refractivity contribution is 5.77. The molecule has 7 heteroatoms. The molecule has 0 aliphatic carbocycles. The van der Waals surface area contributed by atoms with Crippen LogP contribution in [0.5, 0.6) is 0 Å². The zero-order valence-corrected chi connectivity index (χ0v) is 15.3. The van der Waals surface area contributed by atoms with Gasteiger partial charge in [0.1, 0.15) is 11.6 Å². The van der Waals surface area contributed by atoms with Gasteiger partial charge in [-0.15, -0.1) is 0 Å². The van der Waals surface area contributed by atoms with Crippen LogP contribution in [0, 0.1) is 25.2 Å². The molecule has 2 aliphatic rings. The number of hydrogen-bond acceptors (Lipinski definition) is 5. The average molecular weight is 359 g/mol. The molecule has 1 N–H and O–H groups in total. The summed E-state index contributed by atoms with van der Waals surface area (Å²) in [6.45, 7) is 5.45. The van der Waals surface area contributed by atoms with Gasteiger partial charge in [0, 0.05) is 18.7 Å². The summed E-state index contributed by atoms with van der Waals surface area (Å²) in [5.74, 6) is 0.0670. The number of carbonyl (C=O) groups is 1. The van der Waals surface area contributed by atoms with E-state index in [1.54, 1.807) is 13.8 Å². The van der Waals surface area contributed by atoms with Crippen molar-refractivity contribution < 1.29 is 14.3 Å². The number of aromatic nitrogens is 1. The number of ether oxygens (including phenoxy) is 2. The molecule has 1 unspecified atom stereocenters. The van der Waals surface area contributed by atoms with Gasteiger partial charge in [-0.05, 0) is 50.7 Å². The number of nitrogens with one attached hydrogen (secondary N) is 1. The summed E-state index contributed by atoms with van der Waals surface area (Å²) < 4.78 is 11.3. The van der Waals surface area contributed by atoms with E-state index in [4.69, 9.17) is 9.47 Å². The predicted octanol–water partition coefficient (Wildman–Crippen LogP) is 1.55. The van der Waals surface area contributed by atoms with Crippen LogP contribution in [0.1, 0.15) is 48.1 Å². The summed E-state index contributed by atoms with van der Waals surface area (Å²) in [7, 11) is 0. The highest BCUT2D eigenvalue weighted by atomic mass is 16.7. The Morgan fingerprint density at radius 1 is 1.31 bits per heavy atom. The molecule has 0 bridgehead atoms. The number of aromatic amines is 1. The molecule has 0 spiro atoms. The summed E-state index contributed by atoms with van der Waals surface area (Å²) in [6, 6.07) is 1.93. The largest absolute Gasteiger partial charge is 0.348 e. The van der Waals surface area contributed by atoms with Gasteiger partial charge in [-0.2, -0.15) is 5.26 Å². The summed E-state index contributed by atoms with van der Waals surface area (Å²) in [5.41, 5.74) is 2.01. The Morgan fingerprint density at radius 3 is 2.73 bits per heavy atom. The minimum absolute atomic E-state index is 0.0220. The fourth-order valence-corrected chi connectivity index (χ4v) is 3.94. The lowest BCUT2D eigenvalue weighted by Crippen LogP contribution is -2.50. The van der Waals surface area contributed by atoms with Gasteiger partial charge in [-0.25, -0.2) is 0 Å². The SMILES string of the molecule is Cc1[nH]c(=O)c(C#N)c(C)c1CCC(=O)N1CCCCC1C1OCCO1. The number of amides is 1. The van der Waals surface area contributed by atoms with E-state index in [0.29, 0.717) is 31.6 Å². The number of carbonyl (C=O) groups excluding carboxylic acids is 1. The van der Waals surface area contributed by atoms with Crippen molar-refractivity contribution in [1.29, 1.82) is 5.26 Å². The molecule has 0 radical (unpaired) electrons. The first-order valence-corrected chi connectivity index (χ1v) is 9.18. The van der Waals surface area contributed by atoms with E-state index in [2.05, 4.69) is 4.98 Å². The van der Waals surface area contributed by atoms with E-state index in [1.165, 1.54) is 0 Å². The third-order valence-corrected chi connectivity index (χ3v) is 5.34. The fraction of sp³-hybridized carbons (Fsp3) is 0.632. The first-order chi connectivity index (χ1) is 12.5. The van der Waals surface area contributed by atoms with Crippen LogP contribution < -0.4 is 5.56 Å². The van der Waals surface area contributed by atoms with E-state index in [0.717, 1.165) is 37.1 Å². The number of hydrogen-bond donors (Lipinski definition) is 1. The van der Waals surface area contributed by atoms with Crippen LogP contribution in [-0.2, 0) is 20.7 Å². The first kappa shape index (κ1) is 18.6. The fourth-order valence-electron chi connectivity index (χ4n) is 3.94. The second-order valence-corrected chi connectivity index (χ2v) is 6.93. The summed E-state index contributed by atoms with van der Waals surface area (Å²) >= 11 is 0. The summed E-state index contributed by atoms with van der Waals surface area (Å²) in [5, 5.41) is 9.18. The Morgan fingerprint density at radius 2 is 2.04 bits per heavy atom. The number of pyridine rings is 1. The Hall–Kier alpha value is -2.17. The summed E-state index contributed by atoms with van der Waals surface area (Å²) in [6.07, 6.45) is 3.47. The smallest absolute Gasteiger partial charge is 0.266 e. The van der Waals surface area contributed by atoms with Gasteiger partial charge < -0.3 is 19.4 Å². The molecule has 1 atom stereocenters. The number of piperidine rings is 1. The van der Waals surface area contributed by atoms with Crippen molar-refractivity contribution in [1.82, 2.24) is 9.88 Å². The maximum Gasteiger partial charge on any atom is 0.266 e. The van der Waals surface area contributed by atoms with Gasteiger partial charge >= 0.3 is 0 Å². The third kappa shape index (κ3) is 3.67. The molecule has 1 aromatic rings. The van der Waals surface area contributed by atoms with Crippen molar-refractivity contribution in [2.75, 3.05) is 19.8 Å². The molecule has 1 amide bonds. The van der Waals surface area contributed by atoms with Gasteiger partial charge in [-0.1, -0.05) is 0 Å². The highest BCUT2D eigenvalue weighted by Gasteiger charge is 2.36. The maximum atomic E-state index is 12.9. The average Bonchev–Trinajstić information content (AvgIpc) is 3.16. The zero-order valence-electron chi connectivity index (χ0n) is 15.3. The normalized spacial score (nSPS) is 21.0. The van der Waals surface area contributed by atoms with Crippen LogP contribution in [-0.4, -0.2) is 47.9 Å². The number of nitrogens with zero attached hydrogens (tertiary/aromatic N) is 2. The molecule has 1 aromatic heterocycles. The Kier molecular flexibility index (Phi) is 5.74. The minimum Gasteiger partial charge on any atom is -0.348 e. The standard InChI is InChI=1S/C19H25N3O4/c1-12-14(13(2)21-18(24)15(12)11-20)6-7-17(23)22-8-4-3-5-16(22)19-25-9-10-26-19/h16,19H,3-10H2,1-2H3,(H,21,24). The molecular weight excluding hydrogens is 334 g/mol. The first-order valence-electron chi connectivity index (χ1n) is 9.18. The molecule has 2 aliphatic heterocycles. The molecule has 26 heavy (non-hydrogen) atoms. The van der Waals surface area contributed by atoms with E-state index in [1.807, 2.05) is 11.0 Å². The van der Waals surface area contributed by atoms with Crippen molar-refractivity contribution in [3.8, 4) is 6.07 Å². The van der Waals surface area contributed by atoms with E-state index in [-0.39, 0.29) is 29.4 Å². The number of H-pyrrole nitrogens is 1. The molecule has 3 heterocycles. The quantitative estimate of drug-likeness (QED) is 0.880. The summed E-state index contributed by atoms with van der Waals surface area (Å²) in [4.78, 5) is 29.3. The second-order valence-electron chi connectivity index (χ2n) is 6.93. The van der Waals surface area contributed by atoms with Crippen LogP contribution in [0.25, 0.3) is 0 Å². The zero-order chi connectivity index (χ0) is 18.7.